The first kappa shape index (κ1) is 35.1. The smallest absolute Gasteiger partial charge is 0.105 e. The largest absolute Gasteiger partial charge is 0.309 e. The second-order valence-electron chi connectivity index (χ2n) is 17.0. The van der Waals surface area contributed by atoms with E-state index in [1.807, 2.05) is 6.07 Å². The molecular formula is C60H38N4. The van der Waals surface area contributed by atoms with Crippen LogP contribution in [0.2, 0.25) is 0 Å². The zero-order valence-corrected chi connectivity index (χ0v) is 34.8. The van der Waals surface area contributed by atoms with Gasteiger partial charge in [-0.15, -0.1) is 0 Å². The van der Waals surface area contributed by atoms with E-state index in [1.54, 1.807) is 0 Å². The van der Waals surface area contributed by atoms with E-state index in [0.29, 0.717) is 0 Å². The highest BCUT2D eigenvalue weighted by atomic mass is 15.0. The van der Waals surface area contributed by atoms with Crippen molar-refractivity contribution in [2.24, 2.45) is 0 Å². The molecule has 4 nitrogen and oxygen atoms in total. The molecule has 4 heterocycles. The number of nitrogens with zero attached hydrogens (tertiary/aromatic N) is 4. The van der Waals surface area contributed by atoms with Crippen LogP contribution in [0.1, 0.15) is 18.4 Å². The zero-order chi connectivity index (χ0) is 41.9. The second-order valence-corrected chi connectivity index (χ2v) is 17.0. The molecule has 0 unspecified atom stereocenters. The molecule has 0 N–H and O–H groups in total. The molecule has 1 aliphatic carbocycles. The first-order chi connectivity index (χ1) is 31.8. The molecule has 4 aromatic heterocycles. The SMILES string of the molecule is c1ccc2c3c(-n4c5ccccc5c5ccccc54)cccc3n(-c3ccccc3C3=C(n4c5ccccc5c5cc(-n6c7ccccc7c7ccccc76)ccc54)C=CCC3)c2c#1. The van der Waals surface area contributed by atoms with Crippen LogP contribution in [0.5, 0.6) is 0 Å². The highest BCUT2D eigenvalue weighted by Gasteiger charge is 2.25. The molecule has 0 saturated heterocycles. The highest BCUT2D eigenvalue weighted by Crippen LogP contribution is 2.44. The lowest BCUT2D eigenvalue weighted by Gasteiger charge is -2.22. The van der Waals surface area contributed by atoms with Gasteiger partial charge in [-0.2, -0.15) is 0 Å². The third kappa shape index (κ3) is 4.84. The van der Waals surface area contributed by atoms with Crippen LogP contribution in [0, 0.1) is 12.1 Å². The lowest BCUT2D eigenvalue weighted by atomic mass is 9.93. The summed E-state index contributed by atoms with van der Waals surface area (Å²) in [7, 11) is 0. The van der Waals surface area contributed by atoms with Gasteiger partial charge >= 0.3 is 0 Å². The number of allylic oxidation sites excluding steroid dienone is 4. The minimum Gasteiger partial charge on any atom is -0.309 e. The van der Waals surface area contributed by atoms with Gasteiger partial charge in [0.25, 0.3) is 0 Å². The number of hydrogen-bond donors (Lipinski definition) is 0. The van der Waals surface area contributed by atoms with Crippen LogP contribution in [0.3, 0.4) is 0 Å². The summed E-state index contributed by atoms with van der Waals surface area (Å²) in [6, 6.07) is 77.9. The van der Waals surface area contributed by atoms with Crippen LogP contribution in [0.4, 0.5) is 0 Å². The summed E-state index contributed by atoms with van der Waals surface area (Å²) in [5, 5.41) is 9.86. The van der Waals surface area contributed by atoms with Crippen molar-refractivity contribution in [2.45, 2.75) is 12.8 Å². The van der Waals surface area contributed by atoms with Crippen LogP contribution in [0.25, 0.3) is 116 Å². The number of benzene rings is 8. The zero-order valence-electron chi connectivity index (χ0n) is 34.8. The van der Waals surface area contributed by atoms with Crippen LogP contribution < -0.4 is 0 Å². The topological polar surface area (TPSA) is 19.7 Å². The fourth-order valence-electron chi connectivity index (χ4n) is 11.1. The molecule has 9 aromatic carbocycles. The van der Waals surface area contributed by atoms with Gasteiger partial charge in [0.1, 0.15) is 5.52 Å². The Morgan fingerprint density at radius 3 is 1.59 bits per heavy atom. The Morgan fingerprint density at radius 1 is 0.391 bits per heavy atom. The fraction of sp³-hybridized carbons (Fsp3) is 0.0333. The summed E-state index contributed by atoms with van der Waals surface area (Å²) in [6.45, 7) is 0. The van der Waals surface area contributed by atoms with Crippen LogP contribution in [-0.2, 0) is 0 Å². The van der Waals surface area contributed by atoms with E-state index in [2.05, 4.69) is 231 Å². The number of aromatic nitrogens is 4. The third-order valence-electron chi connectivity index (χ3n) is 13.7. The Hall–Kier alpha value is -8.52. The van der Waals surface area contributed by atoms with Gasteiger partial charge in [-0.3, -0.25) is 0 Å². The summed E-state index contributed by atoms with van der Waals surface area (Å²) < 4.78 is 9.81. The van der Waals surface area contributed by atoms with Crippen molar-refractivity contribution in [3.8, 4) is 17.1 Å². The standard InChI is InChI=1S/C60H38N4/c1-9-26-49-40(18-1)41-19-2-10-27-50(41)61(49)39-36-37-57-48(38-39)46-24-7-15-32-55(46)62(57)51-28-11-3-20-42(51)43-21-6-14-31-54(43)64-56-33-16-8-25-47(56)60-58(34-17-35-59(60)64)63-52-29-12-4-22-44(52)45-23-5-13-30-53(45)63/h1-2,4-15,17-19,21-32,34-38H,3,20H2. The molecule has 0 radical (unpaired) electrons. The van der Waals surface area contributed by atoms with E-state index < -0.39 is 0 Å². The van der Waals surface area contributed by atoms with E-state index in [4.69, 9.17) is 0 Å². The van der Waals surface area contributed by atoms with Crippen LogP contribution in [-0.4, -0.2) is 18.3 Å². The Labute approximate surface area is 369 Å². The Balaban J connectivity index is 1.01. The van der Waals surface area contributed by atoms with Crippen molar-refractivity contribution in [1.29, 1.82) is 0 Å². The number of hydrogen-bond acceptors (Lipinski definition) is 0. The van der Waals surface area contributed by atoms with Crippen LogP contribution >= 0.6 is 0 Å². The summed E-state index contributed by atoms with van der Waals surface area (Å²) in [5.41, 5.74) is 16.6. The molecule has 0 bridgehead atoms. The van der Waals surface area contributed by atoms with Gasteiger partial charge in [0.2, 0.25) is 0 Å². The molecule has 4 heteroatoms. The maximum absolute atomic E-state index is 3.60. The second kappa shape index (κ2) is 13.5. The van der Waals surface area contributed by atoms with E-state index >= 15 is 0 Å². The molecule has 0 aliphatic heterocycles. The Morgan fingerprint density at radius 2 is 0.922 bits per heavy atom. The van der Waals surface area contributed by atoms with E-state index in [0.717, 1.165) is 46.3 Å². The molecule has 0 atom stereocenters. The molecule has 0 amide bonds. The Kier molecular flexibility index (Phi) is 7.40. The van der Waals surface area contributed by atoms with Crippen molar-refractivity contribution >= 4 is 98.5 Å². The van der Waals surface area contributed by atoms with Gasteiger partial charge in [-0.25, -0.2) is 0 Å². The number of rotatable bonds is 5. The summed E-state index contributed by atoms with van der Waals surface area (Å²) in [4.78, 5) is 0. The maximum Gasteiger partial charge on any atom is 0.105 e. The molecule has 1 aliphatic rings. The maximum atomic E-state index is 3.60. The van der Waals surface area contributed by atoms with Gasteiger partial charge in [-0.1, -0.05) is 127 Å². The molecule has 0 saturated carbocycles. The van der Waals surface area contributed by atoms with E-state index in [1.165, 1.54) is 87.6 Å². The van der Waals surface area contributed by atoms with Crippen molar-refractivity contribution in [3.05, 3.63) is 224 Å². The van der Waals surface area contributed by atoms with Gasteiger partial charge in [-0.05, 0) is 109 Å². The van der Waals surface area contributed by atoms with Gasteiger partial charge in [0.15, 0.2) is 0 Å². The summed E-state index contributed by atoms with van der Waals surface area (Å²) >= 11 is 0. The molecule has 64 heavy (non-hydrogen) atoms. The first-order valence-corrected chi connectivity index (χ1v) is 22.2. The average molecular weight is 815 g/mol. The average Bonchev–Trinajstić information content (AvgIpc) is 4.09. The third-order valence-corrected chi connectivity index (χ3v) is 13.7. The number of fused-ring (bicyclic) bond motifs is 12. The monoisotopic (exact) mass is 814 g/mol. The van der Waals surface area contributed by atoms with Crippen molar-refractivity contribution in [2.75, 3.05) is 0 Å². The van der Waals surface area contributed by atoms with Gasteiger partial charge in [0.05, 0.1) is 50.0 Å². The fourth-order valence-corrected chi connectivity index (χ4v) is 11.1. The lowest BCUT2D eigenvalue weighted by Crippen LogP contribution is -2.06. The minimum absolute atomic E-state index is 0.913. The summed E-state index contributed by atoms with van der Waals surface area (Å²) in [5.74, 6) is 0. The van der Waals surface area contributed by atoms with Gasteiger partial charge in [0, 0.05) is 60.0 Å². The molecule has 298 valence electrons. The minimum atomic E-state index is 0.913. The normalized spacial score (nSPS) is 13.2. The van der Waals surface area contributed by atoms with E-state index in [-0.39, 0.29) is 0 Å². The van der Waals surface area contributed by atoms with Crippen molar-refractivity contribution in [3.63, 3.8) is 0 Å². The summed E-state index contributed by atoms with van der Waals surface area (Å²) in [6.07, 6.45) is 6.58. The first-order valence-electron chi connectivity index (χ1n) is 22.2. The highest BCUT2D eigenvalue weighted by molar-refractivity contribution is 6.17. The van der Waals surface area contributed by atoms with Crippen molar-refractivity contribution < 1.29 is 0 Å². The van der Waals surface area contributed by atoms with Crippen LogP contribution in [0.15, 0.2) is 206 Å². The molecule has 0 fully saturated rings. The van der Waals surface area contributed by atoms with Crippen molar-refractivity contribution in [1.82, 2.24) is 18.3 Å². The van der Waals surface area contributed by atoms with Gasteiger partial charge < -0.3 is 18.3 Å². The molecule has 14 rings (SSSR count). The molecule has 0 spiro atoms. The molecule has 13 aromatic rings. The quantitative estimate of drug-likeness (QED) is 0.165. The Bertz CT molecular complexity index is 4030. The predicted molar refractivity (Wildman–Crippen MR) is 268 cm³/mol. The molecular weight excluding hydrogens is 777 g/mol. The lowest BCUT2D eigenvalue weighted by molar-refractivity contribution is 1.03. The number of para-hydroxylation sites is 6. The van der Waals surface area contributed by atoms with E-state index in [9.17, 15) is 0 Å². The predicted octanol–water partition coefficient (Wildman–Crippen LogP) is 15.4.